The van der Waals surface area contributed by atoms with Crippen molar-refractivity contribution in [3.63, 3.8) is 0 Å². The third-order valence-corrected chi connectivity index (χ3v) is 4.46. The molecule has 4 heteroatoms. The first-order valence-electron chi connectivity index (χ1n) is 7.96. The highest BCUT2D eigenvalue weighted by Crippen LogP contribution is 2.31. The molecule has 0 aliphatic heterocycles. The maximum Gasteiger partial charge on any atom is 0.150 e. The van der Waals surface area contributed by atoms with Crippen LogP contribution in [0.4, 0.5) is 0 Å². The SMILES string of the molecule is Cc1nnc([C@@H](N)Cc2ccccc2)n1C1CCCCC1. The minimum Gasteiger partial charge on any atom is -0.321 e. The summed E-state index contributed by atoms with van der Waals surface area (Å²) in [4.78, 5) is 0. The summed E-state index contributed by atoms with van der Waals surface area (Å²) < 4.78 is 2.30. The van der Waals surface area contributed by atoms with E-state index in [1.807, 2.05) is 13.0 Å². The van der Waals surface area contributed by atoms with E-state index in [-0.39, 0.29) is 6.04 Å². The molecule has 1 aromatic carbocycles. The summed E-state index contributed by atoms with van der Waals surface area (Å²) >= 11 is 0. The molecule has 2 N–H and O–H groups in total. The monoisotopic (exact) mass is 284 g/mol. The van der Waals surface area contributed by atoms with Gasteiger partial charge < -0.3 is 10.3 Å². The molecule has 21 heavy (non-hydrogen) atoms. The summed E-state index contributed by atoms with van der Waals surface area (Å²) in [5.74, 6) is 1.95. The molecule has 1 aliphatic rings. The van der Waals surface area contributed by atoms with Gasteiger partial charge in [0.05, 0.1) is 6.04 Å². The molecule has 1 saturated carbocycles. The Balaban J connectivity index is 1.81. The van der Waals surface area contributed by atoms with E-state index in [9.17, 15) is 0 Å². The van der Waals surface area contributed by atoms with Gasteiger partial charge in [-0.25, -0.2) is 0 Å². The zero-order chi connectivity index (χ0) is 14.7. The van der Waals surface area contributed by atoms with Gasteiger partial charge in [0.25, 0.3) is 0 Å². The Hall–Kier alpha value is -1.68. The second kappa shape index (κ2) is 6.39. The van der Waals surface area contributed by atoms with Crippen LogP contribution >= 0.6 is 0 Å². The highest BCUT2D eigenvalue weighted by molar-refractivity contribution is 5.17. The standard InChI is InChI=1S/C17H24N4/c1-13-19-20-17(21(13)15-10-6-3-7-11-15)16(18)12-14-8-4-2-5-9-14/h2,4-5,8-9,15-16H,3,6-7,10-12,18H2,1H3/t16-/m0/s1. The molecular weight excluding hydrogens is 260 g/mol. The largest absolute Gasteiger partial charge is 0.321 e. The van der Waals surface area contributed by atoms with Crippen molar-refractivity contribution < 1.29 is 0 Å². The van der Waals surface area contributed by atoms with Gasteiger partial charge in [-0.2, -0.15) is 0 Å². The maximum atomic E-state index is 6.42. The smallest absolute Gasteiger partial charge is 0.150 e. The summed E-state index contributed by atoms with van der Waals surface area (Å²) in [7, 11) is 0. The molecule has 1 heterocycles. The summed E-state index contributed by atoms with van der Waals surface area (Å²) in [6, 6.07) is 10.8. The summed E-state index contributed by atoms with van der Waals surface area (Å²) in [5, 5.41) is 8.66. The Morgan fingerprint density at radius 1 is 1.14 bits per heavy atom. The van der Waals surface area contributed by atoms with E-state index in [1.54, 1.807) is 0 Å². The van der Waals surface area contributed by atoms with Crippen molar-refractivity contribution in [3.05, 3.63) is 47.5 Å². The second-order valence-electron chi connectivity index (χ2n) is 6.06. The zero-order valence-corrected chi connectivity index (χ0v) is 12.7. The van der Waals surface area contributed by atoms with Crippen LogP contribution < -0.4 is 5.73 Å². The van der Waals surface area contributed by atoms with Gasteiger partial charge in [0.1, 0.15) is 5.82 Å². The third kappa shape index (κ3) is 3.16. The number of hydrogen-bond donors (Lipinski definition) is 1. The van der Waals surface area contributed by atoms with Gasteiger partial charge in [0, 0.05) is 6.04 Å². The van der Waals surface area contributed by atoms with E-state index in [0.717, 1.165) is 18.1 Å². The third-order valence-electron chi connectivity index (χ3n) is 4.46. The first kappa shape index (κ1) is 14.3. The van der Waals surface area contributed by atoms with E-state index in [4.69, 9.17) is 5.73 Å². The van der Waals surface area contributed by atoms with E-state index in [0.29, 0.717) is 6.04 Å². The lowest BCUT2D eigenvalue weighted by molar-refractivity contribution is 0.335. The van der Waals surface area contributed by atoms with Gasteiger partial charge in [-0.05, 0) is 31.7 Å². The van der Waals surface area contributed by atoms with E-state index >= 15 is 0 Å². The molecule has 0 spiro atoms. The van der Waals surface area contributed by atoms with Crippen molar-refractivity contribution in [2.75, 3.05) is 0 Å². The molecule has 0 unspecified atom stereocenters. The lowest BCUT2D eigenvalue weighted by atomic mass is 9.94. The van der Waals surface area contributed by atoms with Crippen LogP contribution in [0.1, 0.15) is 61.4 Å². The van der Waals surface area contributed by atoms with Crippen molar-refractivity contribution >= 4 is 0 Å². The van der Waals surface area contributed by atoms with Gasteiger partial charge in [-0.1, -0.05) is 49.6 Å². The average Bonchev–Trinajstić information content (AvgIpc) is 2.91. The fourth-order valence-electron chi connectivity index (χ4n) is 3.39. The molecule has 2 aromatic rings. The Kier molecular flexibility index (Phi) is 4.34. The Labute approximate surface area is 126 Å². The average molecular weight is 284 g/mol. The number of rotatable bonds is 4. The fraction of sp³-hybridized carbons (Fsp3) is 0.529. The molecule has 1 aromatic heterocycles. The molecule has 1 aliphatic carbocycles. The van der Waals surface area contributed by atoms with Crippen LogP contribution in [0.15, 0.2) is 30.3 Å². The van der Waals surface area contributed by atoms with E-state index in [1.165, 1.54) is 37.7 Å². The van der Waals surface area contributed by atoms with E-state index in [2.05, 4.69) is 39.0 Å². The molecule has 0 bridgehead atoms. The van der Waals surface area contributed by atoms with Crippen LogP contribution in [0.3, 0.4) is 0 Å². The van der Waals surface area contributed by atoms with Gasteiger partial charge in [0.15, 0.2) is 5.82 Å². The van der Waals surface area contributed by atoms with Crippen LogP contribution in [0.25, 0.3) is 0 Å². The van der Waals surface area contributed by atoms with Crippen molar-refractivity contribution in [2.45, 2.75) is 57.5 Å². The molecule has 1 atom stereocenters. The Bertz CT molecular complexity index is 570. The van der Waals surface area contributed by atoms with Crippen LogP contribution in [-0.4, -0.2) is 14.8 Å². The summed E-state index contributed by atoms with van der Waals surface area (Å²) in [6.07, 6.45) is 7.22. The minimum atomic E-state index is -0.0875. The van der Waals surface area contributed by atoms with Crippen LogP contribution in [0.5, 0.6) is 0 Å². The highest BCUT2D eigenvalue weighted by Gasteiger charge is 2.24. The normalized spacial score (nSPS) is 17.8. The molecule has 0 amide bonds. The van der Waals surface area contributed by atoms with Gasteiger partial charge in [-0.3, -0.25) is 0 Å². The van der Waals surface area contributed by atoms with Crippen LogP contribution in [-0.2, 0) is 6.42 Å². The molecule has 1 fully saturated rings. The zero-order valence-electron chi connectivity index (χ0n) is 12.7. The fourth-order valence-corrected chi connectivity index (χ4v) is 3.39. The lowest BCUT2D eigenvalue weighted by Gasteiger charge is -2.26. The van der Waals surface area contributed by atoms with Gasteiger partial charge in [0.2, 0.25) is 0 Å². The summed E-state index contributed by atoms with van der Waals surface area (Å²) in [6.45, 7) is 2.04. The summed E-state index contributed by atoms with van der Waals surface area (Å²) in [5.41, 5.74) is 7.68. The number of hydrogen-bond acceptors (Lipinski definition) is 3. The predicted octanol–water partition coefficient (Wildman–Crippen LogP) is 3.33. The minimum absolute atomic E-state index is 0.0875. The molecule has 0 saturated heterocycles. The van der Waals surface area contributed by atoms with Crippen LogP contribution in [0.2, 0.25) is 0 Å². The Morgan fingerprint density at radius 2 is 1.86 bits per heavy atom. The van der Waals surface area contributed by atoms with E-state index < -0.39 is 0 Å². The first-order chi connectivity index (χ1) is 10.3. The Morgan fingerprint density at radius 3 is 2.57 bits per heavy atom. The quantitative estimate of drug-likeness (QED) is 0.937. The number of nitrogens with two attached hydrogens (primary N) is 1. The number of nitrogens with zero attached hydrogens (tertiary/aromatic N) is 3. The number of aromatic nitrogens is 3. The van der Waals surface area contributed by atoms with Gasteiger partial charge in [-0.15, -0.1) is 10.2 Å². The van der Waals surface area contributed by atoms with Gasteiger partial charge >= 0.3 is 0 Å². The second-order valence-corrected chi connectivity index (χ2v) is 6.06. The highest BCUT2D eigenvalue weighted by atomic mass is 15.3. The molecule has 3 rings (SSSR count). The van der Waals surface area contributed by atoms with Crippen molar-refractivity contribution in [2.24, 2.45) is 5.73 Å². The lowest BCUT2D eigenvalue weighted by Crippen LogP contribution is -2.23. The number of aryl methyl sites for hydroxylation is 1. The van der Waals surface area contributed by atoms with Crippen molar-refractivity contribution in [1.29, 1.82) is 0 Å². The molecular formula is C17H24N4. The van der Waals surface area contributed by atoms with Crippen molar-refractivity contribution in [3.8, 4) is 0 Å². The first-order valence-corrected chi connectivity index (χ1v) is 7.96. The van der Waals surface area contributed by atoms with Crippen LogP contribution in [0, 0.1) is 6.92 Å². The molecule has 0 radical (unpaired) electrons. The number of benzene rings is 1. The molecule has 112 valence electrons. The van der Waals surface area contributed by atoms with Crippen molar-refractivity contribution in [1.82, 2.24) is 14.8 Å². The predicted molar refractivity (Wildman–Crippen MR) is 84.0 cm³/mol. The maximum absolute atomic E-state index is 6.42. The topological polar surface area (TPSA) is 56.7 Å². The molecule has 4 nitrogen and oxygen atoms in total.